The zero-order chi connectivity index (χ0) is 17.1. The summed E-state index contributed by atoms with van der Waals surface area (Å²) < 4.78 is 5.60. The summed E-state index contributed by atoms with van der Waals surface area (Å²) >= 11 is 0. The molecule has 1 aromatic rings. The van der Waals surface area contributed by atoms with Crippen LogP contribution in [0.2, 0.25) is 0 Å². The summed E-state index contributed by atoms with van der Waals surface area (Å²) in [5.74, 6) is 2.24. The van der Waals surface area contributed by atoms with Crippen LogP contribution in [0.15, 0.2) is 54.3 Å². The molecule has 0 saturated carbocycles. The third kappa shape index (κ3) is 3.79. The molecule has 3 aliphatic rings. The predicted octanol–water partition coefficient (Wildman–Crippen LogP) is 3.86. The van der Waals surface area contributed by atoms with Crippen LogP contribution in [0.25, 0.3) is 0 Å². The fraction of sp³-hybridized carbons (Fsp3) is 0.476. The van der Waals surface area contributed by atoms with E-state index in [0.717, 1.165) is 30.2 Å². The molecule has 1 N–H and O–H groups in total. The number of carbonyl (C=O) groups excluding carboxylic acids is 1. The molecule has 0 radical (unpaired) electrons. The number of carbonyl (C=O) groups is 1. The molecule has 132 valence electrons. The van der Waals surface area contributed by atoms with Gasteiger partial charge in [-0.2, -0.15) is 0 Å². The smallest absolute Gasteiger partial charge is 0.412 e. The molecule has 0 aromatic heterocycles. The number of amides is 1. The van der Waals surface area contributed by atoms with Crippen molar-refractivity contribution in [3.05, 3.63) is 59.9 Å². The number of alkyl carbamates (subject to hydrolysis) is 1. The molecule has 1 saturated heterocycles. The molecule has 1 aromatic carbocycles. The summed E-state index contributed by atoms with van der Waals surface area (Å²) in [6.07, 6.45) is 11.1. The highest BCUT2D eigenvalue weighted by atomic mass is 16.6. The number of allylic oxidation sites excluding steroid dienone is 1. The van der Waals surface area contributed by atoms with Crippen LogP contribution in [0.3, 0.4) is 0 Å². The van der Waals surface area contributed by atoms with Gasteiger partial charge >= 0.3 is 6.09 Å². The van der Waals surface area contributed by atoms with Crippen LogP contribution >= 0.6 is 0 Å². The summed E-state index contributed by atoms with van der Waals surface area (Å²) in [4.78, 5) is 14.7. The van der Waals surface area contributed by atoms with E-state index in [-0.39, 0.29) is 6.09 Å². The number of nitrogens with one attached hydrogen (secondary N) is 1. The van der Waals surface area contributed by atoms with Crippen LogP contribution in [0.4, 0.5) is 4.79 Å². The van der Waals surface area contributed by atoms with Gasteiger partial charge in [0.15, 0.2) is 0 Å². The van der Waals surface area contributed by atoms with Gasteiger partial charge < -0.3 is 10.1 Å². The van der Waals surface area contributed by atoms with Crippen molar-refractivity contribution in [3.63, 3.8) is 0 Å². The second-order valence-corrected chi connectivity index (χ2v) is 7.30. The minimum absolute atomic E-state index is 0.352. The van der Waals surface area contributed by atoms with Gasteiger partial charge in [-0.25, -0.2) is 4.79 Å². The molecule has 0 bridgehead atoms. The van der Waals surface area contributed by atoms with Gasteiger partial charge in [-0.05, 0) is 49.3 Å². The van der Waals surface area contributed by atoms with Crippen molar-refractivity contribution < 1.29 is 9.53 Å². The average Bonchev–Trinajstić information content (AvgIpc) is 2.67. The number of ether oxygens (including phenoxy) is 1. The van der Waals surface area contributed by atoms with Crippen LogP contribution < -0.4 is 5.32 Å². The first kappa shape index (κ1) is 16.4. The van der Waals surface area contributed by atoms with Crippen molar-refractivity contribution in [3.8, 4) is 0 Å². The Morgan fingerprint density at radius 2 is 2.12 bits per heavy atom. The lowest BCUT2D eigenvalue weighted by Gasteiger charge is -2.47. The summed E-state index contributed by atoms with van der Waals surface area (Å²) in [6, 6.07) is 10.4. The second kappa shape index (κ2) is 7.44. The zero-order valence-corrected chi connectivity index (χ0v) is 14.6. The Morgan fingerprint density at radius 1 is 1.24 bits per heavy atom. The van der Waals surface area contributed by atoms with Gasteiger partial charge in [-0.1, -0.05) is 42.5 Å². The number of fused-ring (bicyclic) bond motifs is 3. The van der Waals surface area contributed by atoms with E-state index in [1.54, 1.807) is 0 Å². The third-order valence-corrected chi connectivity index (χ3v) is 5.77. The monoisotopic (exact) mass is 338 g/mol. The van der Waals surface area contributed by atoms with Crippen molar-refractivity contribution in [1.29, 1.82) is 0 Å². The van der Waals surface area contributed by atoms with E-state index in [1.165, 1.54) is 25.8 Å². The lowest BCUT2D eigenvalue weighted by atomic mass is 9.72. The predicted molar refractivity (Wildman–Crippen MR) is 97.8 cm³/mol. The van der Waals surface area contributed by atoms with Gasteiger partial charge in [-0.3, -0.25) is 4.90 Å². The standard InChI is InChI=1S/C21H26N2O2/c24-21(22-15-16-6-2-1-3-7-16)25-18-11-13-23-12-10-17-8-4-5-9-19(17)20(23)14-18/h1-3,5-7,9,11,17,19-20H,4,8,10,12-15H2,(H,22,24). The van der Waals surface area contributed by atoms with Crippen LogP contribution in [0.5, 0.6) is 0 Å². The number of nitrogens with zero attached hydrogens (tertiary/aromatic N) is 1. The van der Waals surface area contributed by atoms with Crippen molar-refractivity contribution >= 4 is 6.09 Å². The lowest BCUT2D eigenvalue weighted by molar-refractivity contribution is 0.0546. The Balaban J connectivity index is 1.34. The Morgan fingerprint density at radius 3 is 3.00 bits per heavy atom. The maximum Gasteiger partial charge on any atom is 0.412 e. The van der Waals surface area contributed by atoms with Crippen molar-refractivity contribution in [1.82, 2.24) is 10.2 Å². The maximum atomic E-state index is 12.1. The van der Waals surface area contributed by atoms with E-state index in [2.05, 4.69) is 28.4 Å². The Hall–Kier alpha value is -2.07. The van der Waals surface area contributed by atoms with Crippen molar-refractivity contribution in [2.45, 2.75) is 38.3 Å². The largest absolute Gasteiger partial charge is 0.415 e. The number of hydrogen-bond acceptors (Lipinski definition) is 3. The van der Waals surface area contributed by atoms with Crippen LogP contribution in [-0.2, 0) is 11.3 Å². The van der Waals surface area contributed by atoms with E-state index in [4.69, 9.17) is 4.74 Å². The van der Waals surface area contributed by atoms with E-state index in [9.17, 15) is 4.79 Å². The number of hydrogen-bond donors (Lipinski definition) is 1. The Bertz CT molecular complexity index is 668. The van der Waals surface area contributed by atoms with Crippen molar-refractivity contribution in [2.75, 3.05) is 13.1 Å². The maximum absolute atomic E-state index is 12.1. The highest BCUT2D eigenvalue weighted by Crippen LogP contribution is 2.40. The summed E-state index contributed by atoms with van der Waals surface area (Å²) in [6.45, 7) is 2.56. The first-order valence-electron chi connectivity index (χ1n) is 9.39. The number of benzene rings is 1. The normalized spacial score (nSPS) is 28.5. The van der Waals surface area contributed by atoms with Gasteiger partial charge in [0.2, 0.25) is 0 Å². The summed E-state index contributed by atoms with van der Waals surface area (Å²) in [5.41, 5.74) is 1.07. The first-order valence-corrected chi connectivity index (χ1v) is 9.39. The van der Waals surface area contributed by atoms with Crippen LogP contribution in [-0.4, -0.2) is 30.1 Å². The molecule has 3 unspecified atom stereocenters. The van der Waals surface area contributed by atoms with Gasteiger partial charge in [0.05, 0.1) is 0 Å². The number of piperidine rings is 1. The minimum atomic E-state index is -0.352. The fourth-order valence-electron chi connectivity index (χ4n) is 4.44. The van der Waals surface area contributed by atoms with E-state index in [0.29, 0.717) is 18.5 Å². The molecular weight excluding hydrogens is 312 g/mol. The van der Waals surface area contributed by atoms with E-state index in [1.807, 2.05) is 30.3 Å². The SMILES string of the molecule is O=C(NCc1ccccc1)OC1=CCN2CCC3CCC=CC3C2C1. The summed E-state index contributed by atoms with van der Waals surface area (Å²) in [5, 5.41) is 2.85. The molecule has 25 heavy (non-hydrogen) atoms. The van der Waals surface area contributed by atoms with Gasteiger partial charge in [-0.15, -0.1) is 0 Å². The minimum Gasteiger partial charge on any atom is -0.415 e. The number of rotatable bonds is 3. The second-order valence-electron chi connectivity index (χ2n) is 7.30. The molecule has 4 rings (SSSR count). The highest BCUT2D eigenvalue weighted by Gasteiger charge is 2.39. The topological polar surface area (TPSA) is 41.6 Å². The average molecular weight is 338 g/mol. The van der Waals surface area contributed by atoms with Crippen LogP contribution in [0.1, 0.15) is 31.2 Å². The van der Waals surface area contributed by atoms with Gasteiger partial charge in [0.1, 0.15) is 5.76 Å². The van der Waals surface area contributed by atoms with Crippen molar-refractivity contribution in [2.24, 2.45) is 11.8 Å². The lowest BCUT2D eigenvalue weighted by Crippen LogP contribution is -2.51. The Kier molecular flexibility index (Phi) is 4.88. The fourth-order valence-corrected chi connectivity index (χ4v) is 4.44. The molecule has 3 atom stereocenters. The molecule has 2 aliphatic heterocycles. The van der Waals surface area contributed by atoms with E-state index < -0.39 is 0 Å². The molecule has 4 nitrogen and oxygen atoms in total. The van der Waals surface area contributed by atoms with E-state index >= 15 is 0 Å². The molecule has 1 aliphatic carbocycles. The summed E-state index contributed by atoms with van der Waals surface area (Å²) in [7, 11) is 0. The van der Waals surface area contributed by atoms with Crippen LogP contribution in [0, 0.1) is 11.8 Å². The Labute approximate surface area is 149 Å². The molecule has 2 heterocycles. The highest BCUT2D eigenvalue weighted by molar-refractivity contribution is 5.68. The van der Waals surface area contributed by atoms with Gasteiger partial charge in [0, 0.05) is 25.6 Å². The third-order valence-electron chi connectivity index (χ3n) is 5.77. The molecule has 1 amide bonds. The molecule has 0 spiro atoms. The first-order chi connectivity index (χ1) is 12.3. The molecule has 1 fully saturated rings. The quantitative estimate of drug-likeness (QED) is 0.851. The molecular formula is C21H26N2O2. The van der Waals surface area contributed by atoms with Gasteiger partial charge in [0.25, 0.3) is 0 Å². The molecule has 4 heteroatoms. The zero-order valence-electron chi connectivity index (χ0n) is 14.6.